The Balaban J connectivity index is 1.46. The van der Waals surface area contributed by atoms with Crippen LogP contribution in [0.3, 0.4) is 0 Å². The van der Waals surface area contributed by atoms with Gasteiger partial charge in [0.2, 0.25) is 0 Å². The van der Waals surface area contributed by atoms with Crippen LogP contribution in [-0.2, 0) is 20.7 Å². The fourth-order valence-corrected chi connectivity index (χ4v) is 3.17. The van der Waals surface area contributed by atoms with Crippen molar-refractivity contribution in [3.63, 3.8) is 0 Å². The number of ether oxygens (including phenoxy) is 3. The molecule has 0 aliphatic rings. The van der Waals surface area contributed by atoms with Crippen molar-refractivity contribution in [3.8, 4) is 11.8 Å². The highest BCUT2D eigenvalue weighted by molar-refractivity contribution is 7.14. The SMILES string of the molecule is N#Cc1ccc(C(=O)NCCOCCOCCOc2ccc(C[C@H](N)C(=O)O)cc2)s1. The van der Waals surface area contributed by atoms with Crippen molar-refractivity contribution >= 4 is 23.2 Å². The van der Waals surface area contributed by atoms with Gasteiger partial charge in [-0.25, -0.2) is 0 Å². The van der Waals surface area contributed by atoms with E-state index in [0.717, 1.165) is 16.9 Å². The highest BCUT2D eigenvalue weighted by atomic mass is 32.1. The van der Waals surface area contributed by atoms with E-state index < -0.39 is 12.0 Å². The average Bonchev–Trinajstić information content (AvgIpc) is 3.25. The summed E-state index contributed by atoms with van der Waals surface area (Å²) in [4.78, 5) is 23.6. The number of benzene rings is 1. The number of carboxylic acids is 1. The second-order valence-electron chi connectivity index (χ2n) is 6.40. The monoisotopic (exact) mass is 447 g/mol. The zero-order chi connectivity index (χ0) is 22.5. The van der Waals surface area contributed by atoms with Crippen molar-refractivity contribution in [3.05, 3.63) is 51.7 Å². The first-order chi connectivity index (χ1) is 15.0. The molecule has 0 unspecified atom stereocenters. The van der Waals surface area contributed by atoms with E-state index in [1.165, 1.54) is 0 Å². The van der Waals surface area contributed by atoms with Gasteiger partial charge in [0.1, 0.15) is 29.3 Å². The predicted octanol–water partition coefficient (Wildman–Crippen LogP) is 1.42. The molecule has 10 heteroatoms. The molecule has 0 radical (unpaired) electrons. The lowest BCUT2D eigenvalue weighted by Crippen LogP contribution is -2.32. The van der Waals surface area contributed by atoms with Gasteiger partial charge in [-0.15, -0.1) is 11.3 Å². The van der Waals surface area contributed by atoms with Crippen molar-refractivity contribution in [1.29, 1.82) is 5.26 Å². The Bertz CT molecular complexity index is 878. The molecule has 2 rings (SSSR count). The molecule has 0 spiro atoms. The van der Waals surface area contributed by atoms with Crippen LogP contribution in [-0.4, -0.2) is 62.6 Å². The van der Waals surface area contributed by atoms with E-state index in [4.69, 9.17) is 30.3 Å². The summed E-state index contributed by atoms with van der Waals surface area (Å²) < 4.78 is 16.4. The summed E-state index contributed by atoms with van der Waals surface area (Å²) in [6.45, 7) is 2.29. The van der Waals surface area contributed by atoms with Gasteiger partial charge in [0.15, 0.2) is 0 Å². The second kappa shape index (κ2) is 13.4. The van der Waals surface area contributed by atoms with Gasteiger partial charge >= 0.3 is 5.97 Å². The van der Waals surface area contributed by atoms with E-state index in [0.29, 0.717) is 55.1 Å². The Morgan fingerprint density at radius 3 is 2.39 bits per heavy atom. The van der Waals surface area contributed by atoms with Gasteiger partial charge in [-0.1, -0.05) is 12.1 Å². The minimum atomic E-state index is -1.03. The van der Waals surface area contributed by atoms with Crippen LogP contribution < -0.4 is 15.8 Å². The van der Waals surface area contributed by atoms with Gasteiger partial charge in [-0.2, -0.15) is 5.26 Å². The first-order valence-corrected chi connectivity index (χ1v) is 10.4. The number of nitriles is 1. The van der Waals surface area contributed by atoms with Gasteiger partial charge in [0.05, 0.1) is 31.3 Å². The van der Waals surface area contributed by atoms with Crippen LogP contribution in [0.1, 0.15) is 20.1 Å². The summed E-state index contributed by atoms with van der Waals surface area (Å²) in [7, 11) is 0. The third kappa shape index (κ3) is 9.15. The molecule has 0 aliphatic carbocycles. The van der Waals surface area contributed by atoms with Crippen molar-refractivity contribution in [1.82, 2.24) is 5.32 Å². The van der Waals surface area contributed by atoms with Crippen molar-refractivity contribution in [2.45, 2.75) is 12.5 Å². The fourth-order valence-electron chi connectivity index (χ4n) is 2.45. The van der Waals surface area contributed by atoms with E-state index in [9.17, 15) is 9.59 Å². The molecule has 31 heavy (non-hydrogen) atoms. The lowest BCUT2D eigenvalue weighted by molar-refractivity contribution is -0.138. The number of aliphatic carboxylic acids is 1. The zero-order valence-corrected chi connectivity index (χ0v) is 17.7. The van der Waals surface area contributed by atoms with Crippen LogP contribution in [0.5, 0.6) is 5.75 Å². The van der Waals surface area contributed by atoms with Gasteiger partial charge in [-0.05, 0) is 36.2 Å². The van der Waals surface area contributed by atoms with Crippen LogP contribution in [0.15, 0.2) is 36.4 Å². The van der Waals surface area contributed by atoms with Gasteiger partial charge in [-0.3, -0.25) is 9.59 Å². The highest BCUT2D eigenvalue weighted by Gasteiger charge is 2.12. The molecule has 1 heterocycles. The smallest absolute Gasteiger partial charge is 0.320 e. The van der Waals surface area contributed by atoms with Crippen LogP contribution >= 0.6 is 11.3 Å². The number of rotatable bonds is 14. The van der Waals surface area contributed by atoms with E-state index >= 15 is 0 Å². The topological polar surface area (TPSA) is 144 Å². The summed E-state index contributed by atoms with van der Waals surface area (Å²) in [5.41, 5.74) is 6.34. The molecule has 9 nitrogen and oxygen atoms in total. The number of nitrogens with one attached hydrogen (secondary N) is 1. The third-order valence-corrected chi connectivity index (χ3v) is 5.03. The van der Waals surface area contributed by atoms with Crippen LogP contribution in [0, 0.1) is 11.3 Å². The molecular weight excluding hydrogens is 422 g/mol. The van der Waals surface area contributed by atoms with E-state index in [1.54, 1.807) is 36.4 Å². The Labute approximate surface area is 184 Å². The maximum Gasteiger partial charge on any atom is 0.320 e. The molecule has 0 saturated heterocycles. The quantitative estimate of drug-likeness (QED) is 0.369. The number of carbonyl (C=O) groups excluding carboxylic acids is 1. The van der Waals surface area contributed by atoms with E-state index in [2.05, 4.69) is 5.32 Å². The number of hydrogen-bond acceptors (Lipinski definition) is 8. The van der Waals surface area contributed by atoms with Gasteiger partial charge < -0.3 is 30.4 Å². The van der Waals surface area contributed by atoms with E-state index in [-0.39, 0.29) is 12.3 Å². The molecule has 0 saturated carbocycles. The molecular formula is C21H25N3O6S. The molecule has 1 atom stereocenters. The van der Waals surface area contributed by atoms with Crippen molar-refractivity contribution in [2.75, 3.05) is 39.6 Å². The maximum atomic E-state index is 11.9. The Kier molecular flexibility index (Phi) is 10.5. The Morgan fingerprint density at radius 1 is 1.06 bits per heavy atom. The highest BCUT2D eigenvalue weighted by Crippen LogP contribution is 2.15. The van der Waals surface area contributed by atoms with Crippen molar-refractivity contribution < 1.29 is 28.9 Å². The third-order valence-electron chi connectivity index (χ3n) is 4.04. The van der Waals surface area contributed by atoms with Crippen LogP contribution in [0.2, 0.25) is 0 Å². The maximum absolute atomic E-state index is 11.9. The molecule has 2 aromatic rings. The molecule has 1 aromatic heterocycles. The molecule has 1 amide bonds. The Morgan fingerprint density at radius 2 is 1.74 bits per heavy atom. The first-order valence-electron chi connectivity index (χ1n) is 9.63. The molecule has 0 bridgehead atoms. The summed E-state index contributed by atoms with van der Waals surface area (Å²) in [5.74, 6) is -0.586. The minimum absolute atomic E-state index is 0.221. The van der Waals surface area contributed by atoms with Gasteiger partial charge in [0.25, 0.3) is 5.91 Å². The lowest BCUT2D eigenvalue weighted by Gasteiger charge is -2.10. The zero-order valence-electron chi connectivity index (χ0n) is 16.9. The van der Waals surface area contributed by atoms with E-state index in [1.807, 2.05) is 6.07 Å². The summed E-state index contributed by atoms with van der Waals surface area (Å²) in [6.07, 6.45) is 0.262. The first kappa shape index (κ1) is 24.3. The number of nitrogens with zero attached hydrogens (tertiary/aromatic N) is 1. The van der Waals surface area contributed by atoms with Crippen molar-refractivity contribution in [2.24, 2.45) is 5.73 Å². The van der Waals surface area contributed by atoms with Crippen LogP contribution in [0.25, 0.3) is 0 Å². The normalized spacial score (nSPS) is 11.5. The van der Waals surface area contributed by atoms with Crippen LogP contribution in [0.4, 0.5) is 0 Å². The molecule has 0 fully saturated rings. The molecule has 0 aliphatic heterocycles. The molecule has 1 aromatic carbocycles. The number of amides is 1. The summed E-state index contributed by atoms with van der Waals surface area (Å²) in [6, 6.07) is 11.4. The average molecular weight is 448 g/mol. The number of nitrogens with two attached hydrogens (primary N) is 1. The Hall–Kier alpha value is -2.97. The second-order valence-corrected chi connectivity index (χ2v) is 7.48. The summed E-state index contributed by atoms with van der Waals surface area (Å²) >= 11 is 1.15. The number of hydrogen-bond donors (Lipinski definition) is 3. The standard InChI is InChI=1S/C21H25N3O6S/c22-14-17-5-6-19(31-17)20(25)24-7-8-28-9-10-29-11-12-30-16-3-1-15(2-4-16)13-18(23)21(26)27/h1-6,18H,7-13,23H2,(H,24,25)(H,26,27)/t18-/m0/s1. The molecule has 166 valence electrons. The predicted molar refractivity (Wildman–Crippen MR) is 114 cm³/mol. The number of carbonyl (C=O) groups is 2. The number of thiophene rings is 1. The number of carboxylic acid groups (broad SMARTS) is 1. The molecule has 4 N–H and O–H groups in total. The fraction of sp³-hybridized carbons (Fsp3) is 0.381. The van der Waals surface area contributed by atoms with Gasteiger partial charge in [0, 0.05) is 6.54 Å². The summed E-state index contributed by atoms with van der Waals surface area (Å²) in [5, 5.41) is 20.3. The minimum Gasteiger partial charge on any atom is -0.491 e. The lowest BCUT2D eigenvalue weighted by atomic mass is 10.1. The largest absolute Gasteiger partial charge is 0.491 e.